The number of phenols is 1. The fourth-order valence-corrected chi connectivity index (χ4v) is 1.88. The first kappa shape index (κ1) is 13.9. The van der Waals surface area contributed by atoms with Crippen LogP contribution in [0.4, 0.5) is 0 Å². The number of hydrogen-bond donors (Lipinski definition) is 1. The molecular formula is C15H24O2. The molecule has 1 aromatic carbocycles. The minimum absolute atomic E-state index is 0.143. The van der Waals surface area contributed by atoms with Crippen LogP contribution in [-0.2, 0) is 6.42 Å². The van der Waals surface area contributed by atoms with Crippen LogP contribution >= 0.6 is 0 Å². The van der Waals surface area contributed by atoms with Crippen molar-refractivity contribution in [1.29, 1.82) is 0 Å². The topological polar surface area (TPSA) is 29.5 Å². The van der Waals surface area contributed by atoms with E-state index in [0.29, 0.717) is 5.75 Å². The highest BCUT2D eigenvalue weighted by atomic mass is 16.5. The van der Waals surface area contributed by atoms with Gasteiger partial charge in [0, 0.05) is 6.07 Å². The Bertz CT molecular complexity index is 332. The largest absolute Gasteiger partial charge is 0.508 e. The third kappa shape index (κ3) is 5.62. The lowest BCUT2D eigenvalue weighted by Crippen LogP contribution is -2.05. The van der Waals surface area contributed by atoms with E-state index in [0.717, 1.165) is 17.7 Å². The maximum Gasteiger partial charge on any atom is 0.123 e. The molecule has 2 nitrogen and oxygen atoms in total. The Balaban J connectivity index is 2.56. The van der Waals surface area contributed by atoms with Crippen molar-refractivity contribution >= 4 is 0 Å². The van der Waals surface area contributed by atoms with Gasteiger partial charge in [-0.25, -0.2) is 0 Å². The monoisotopic (exact) mass is 236 g/mol. The van der Waals surface area contributed by atoms with E-state index >= 15 is 0 Å². The fourth-order valence-electron chi connectivity index (χ4n) is 1.88. The van der Waals surface area contributed by atoms with Crippen LogP contribution in [0.5, 0.6) is 11.5 Å². The Morgan fingerprint density at radius 1 is 1.12 bits per heavy atom. The third-order valence-electron chi connectivity index (χ3n) is 2.64. The van der Waals surface area contributed by atoms with Crippen molar-refractivity contribution in [1.82, 2.24) is 0 Å². The molecule has 2 heteroatoms. The lowest BCUT2D eigenvalue weighted by Gasteiger charge is -2.11. The van der Waals surface area contributed by atoms with Crippen LogP contribution < -0.4 is 4.74 Å². The first-order valence-corrected chi connectivity index (χ1v) is 6.61. The zero-order valence-electron chi connectivity index (χ0n) is 11.2. The molecule has 0 saturated carbocycles. The normalized spacial score (nSPS) is 10.8. The predicted molar refractivity (Wildman–Crippen MR) is 71.7 cm³/mol. The van der Waals surface area contributed by atoms with E-state index in [2.05, 4.69) is 6.92 Å². The summed E-state index contributed by atoms with van der Waals surface area (Å²) in [6.45, 7) is 6.19. The first-order valence-electron chi connectivity index (χ1n) is 6.61. The number of aromatic hydroxyl groups is 1. The second-order valence-corrected chi connectivity index (χ2v) is 4.81. The van der Waals surface area contributed by atoms with Gasteiger partial charge in [0.05, 0.1) is 6.10 Å². The van der Waals surface area contributed by atoms with Crippen LogP contribution in [0.25, 0.3) is 0 Å². The summed E-state index contributed by atoms with van der Waals surface area (Å²) in [4.78, 5) is 0. The van der Waals surface area contributed by atoms with E-state index in [9.17, 15) is 5.11 Å². The summed E-state index contributed by atoms with van der Waals surface area (Å²) in [6, 6.07) is 5.54. The highest BCUT2D eigenvalue weighted by molar-refractivity contribution is 5.37. The van der Waals surface area contributed by atoms with Gasteiger partial charge in [-0.3, -0.25) is 0 Å². The summed E-state index contributed by atoms with van der Waals surface area (Å²) in [5, 5.41) is 9.63. The Morgan fingerprint density at radius 3 is 2.53 bits per heavy atom. The van der Waals surface area contributed by atoms with Gasteiger partial charge in [-0.15, -0.1) is 0 Å². The van der Waals surface area contributed by atoms with Gasteiger partial charge in [-0.2, -0.15) is 0 Å². The minimum Gasteiger partial charge on any atom is -0.508 e. The maximum absolute atomic E-state index is 9.63. The molecule has 1 N–H and O–H groups in total. The first-order chi connectivity index (χ1) is 8.11. The van der Waals surface area contributed by atoms with E-state index in [1.54, 1.807) is 6.07 Å². The van der Waals surface area contributed by atoms with Gasteiger partial charge >= 0.3 is 0 Å². The van der Waals surface area contributed by atoms with Gasteiger partial charge in [0.15, 0.2) is 0 Å². The second kappa shape index (κ2) is 7.21. The van der Waals surface area contributed by atoms with E-state index < -0.39 is 0 Å². The molecule has 0 unspecified atom stereocenters. The van der Waals surface area contributed by atoms with Crippen LogP contribution in [0.1, 0.15) is 52.0 Å². The third-order valence-corrected chi connectivity index (χ3v) is 2.64. The van der Waals surface area contributed by atoms with Crippen LogP contribution in [-0.4, -0.2) is 11.2 Å². The van der Waals surface area contributed by atoms with Crippen LogP contribution in [0, 0.1) is 0 Å². The number of phenolic OH excluding ortho intramolecular Hbond substituents is 1. The van der Waals surface area contributed by atoms with E-state index in [4.69, 9.17) is 4.74 Å². The van der Waals surface area contributed by atoms with Gasteiger partial charge in [0.2, 0.25) is 0 Å². The molecule has 0 aliphatic carbocycles. The number of ether oxygens (including phenoxy) is 1. The molecule has 0 amide bonds. The molecular weight excluding hydrogens is 212 g/mol. The molecule has 1 aromatic rings. The van der Waals surface area contributed by atoms with Crippen molar-refractivity contribution in [3.8, 4) is 11.5 Å². The molecule has 0 aliphatic heterocycles. The Kier molecular flexibility index (Phi) is 5.88. The molecule has 0 spiro atoms. The van der Waals surface area contributed by atoms with Crippen molar-refractivity contribution in [3.05, 3.63) is 23.8 Å². The number of benzene rings is 1. The Labute approximate surface area is 105 Å². The zero-order valence-corrected chi connectivity index (χ0v) is 11.2. The summed E-state index contributed by atoms with van der Waals surface area (Å²) >= 11 is 0. The van der Waals surface area contributed by atoms with Gasteiger partial charge in [-0.1, -0.05) is 26.2 Å². The van der Waals surface area contributed by atoms with Crippen molar-refractivity contribution in [3.63, 3.8) is 0 Å². The highest BCUT2D eigenvalue weighted by Crippen LogP contribution is 2.24. The van der Waals surface area contributed by atoms with Gasteiger partial charge in [0.1, 0.15) is 11.5 Å². The number of hydrogen-bond acceptors (Lipinski definition) is 2. The molecule has 0 radical (unpaired) electrons. The van der Waals surface area contributed by atoms with Crippen molar-refractivity contribution in [2.24, 2.45) is 0 Å². The molecule has 0 bridgehead atoms. The van der Waals surface area contributed by atoms with Gasteiger partial charge < -0.3 is 9.84 Å². The molecule has 0 aromatic heterocycles. The van der Waals surface area contributed by atoms with Crippen LogP contribution in [0.2, 0.25) is 0 Å². The molecule has 96 valence electrons. The summed E-state index contributed by atoms with van der Waals surface area (Å²) < 4.78 is 5.60. The Hall–Kier alpha value is -1.18. The number of unbranched alkanes of at least 4 members (excludes halogenated alkanes) is 3. The molecule has 17 heavy (non-hydrogen) atoms. The van der Waals surface area contributed by atoms with E-state index in [1.165, 1.54) is 25.7 Å². The summed E-state index contributed by atoms with van der Waals surface area (Å²) in [5.41, 5.74) is 1.16. The zero-order chi connectivity index (χ0) is 12.7. The van der Waals surface area contributed by atoms with E-state index in [-0.39, 0.29) is 6.10 Å². The Morgan fingerprint density at radius 2 is 1.88 bits per heavy atom. The van der Waals surface area contributed by atoms with Crippen LogP contribution in [0.3, 0.4) is 0 Å². The molecule has 0 aliphatic rings. The average molecular weight is 236 g/mol. The maximum atomic E-state index is 9.63. The average Bonchev–Trinajstić information content (AvgIpc) is 2.22. The number of aryl methyl sites for hydroxylation is 1. The minimum atomic E-state index is 0.143. The lowest BCUT2D eigenvalue weighted by molar-refractivity contribution is 0.241. The highest BCUT2D eigenvalue weighted by Gasteiger charge is 2.03. The summed E-state index contributed by atoms with van der Waals surface area (Å²) in [7, 11) is 0. The summed E-state index contributed by atoms with van der Waals surface area (Å²) in [6.07, 6.45) is 6.13. The number of rotatable bonds is 7. The predicted octanol–water partition coefficient (Wildman–Crippen LogP) is 4.30. The lowest BCUT2D eigenvalue weighted by atomic mass is 10.1. The standard InChI is InChI=1S/C15H24O2/c1-4-5-6-7-8-13-9-14(16)11-15(10-13)17-12(2)3/h9-12,16H,4-8H2,1-3H3. The molecule has 0 heterocycles. The fraction of sp³-hybridized carbons (Fsp3) is 0.600. The van der Waals surface area contributed by atoms with E-state index in [1.807, 2.05) is 26.0 Å². The molecule has 0 saturated heterocycles. The SMILES string of the molecule is CCCCCCc1cc(O)cc(OC(C)C)c1. The van der Waals surface area contributed by atoms with Crippen LogP contribution in [0.15, 0.2) is 18.2 Å². The smallest absolute Gasteiger partial charge is 0.123 e. The molecule has 0 atom stereocenters. The van der Waals surface area contributed by atoms with Gasteiger partial charge in [0.25, 0.3) is 0 Å². The van der Waals surface area contributed by atoms with Gasteiger partial charge in [-0.05, 0) is 44.4 Å². The quantitative estimate of drug-likeness (QED) is 0.715. The van der Waals surface area contributed by atoms with Crippen molar-refractivity contribution in [2.75, 3.05) is 0 Å². The van der Waals surface area contributed by atoms with Crippen molar-refractivity contribution < 1.29 is 9.84 Å². The molecule has 0 fully saturated rings. The molecule has 1 rings (SSSR count). The second-order valence-electron chi connectivity index (χ2n) is 4.81. The van der Waals surface area contributed by atoms with Crippen molar-refractivity contribution in [2.45, 2.75) is 59.0 Å². The summed E-state index contributed by atoms with van der Waals surface area (Å²) in [5.74, 6) is 1.07.